The molecule has 1 aliphatic heterocycles. The van der Waals surface area contributed by atoms with Gasteiger partial charge in [0.2, 0.25) is 0 Å². The van der Waals surface area contributed by atoms with Gasteiger partial charge >= 0.3 is 0 Å². The molecule has 1 rings (SSSR count). The van der Waals surface area contributed by atoms with Gasteiger partial charge in [0.1, 0.15) is 6.17 Å². The number of hydrogen-bond donors (Lipinski definition) is 1. The van der Waals surface area contributed by atoms with Crippen molar-refractivity contribution >= 4 is 24.8 Å². The SMILES string of the molecule is Cl.Cl.NCCN1CC(F)C1. The van der Waals surface area contributed by atoms with Crippen LogP contribution in [0.1, 0.15) is 0 Å². The lowest BCUT2D eigenvalue weighted by Crippen LogP contribution is -2.49. The molecule has 0 aliphatic carbocycles. The van der Waals surface area contributed by atoms with Gasteiger partial charge in [-0.2, -0.15) is 0 Å². The van der Waals surface area contributed by atoms with Gasteiger partial charge < -0.3 is 5.73 Å². The van der Waals surface area contributed by atoms with E-state index in [9.17, 15) is 4.39 Å². The summed E-state index contributed by atoms with van der Waals surface area (Å²) >= 11 is 0. The molecule has 0 aromatic carbocycles. The molecule has 0 radical (unpaired) electrons. The zero-order chi connectivity index (χ0) is 5.98. The zero-order valence-electron chi connectivity index (χ0n) is 5.62. The van der Waals surface area contributed by atoms with Gasteiger partial charge in [0.25, 0.3) is 0 Å². The summed E-state index contributed by atoms with van der Waals surface area (Å²) in [7, 11) is 0. The van der Waals surface area contributed by atoms with E-state index in [4.69, 9.17) is 5.73 Å². The Morgan fingerprint density at radius 2 is 1.90 bits per heavy atom. The highest BCUT2D eigenvalue weighted by atomic mass is 35.5. The summed E-state index contributed by atoms with van der Waals surface area (Å²) in [6.45, 7) is 2.68. The van der Waals surface area contributed by atoms with Crippen LogP contribution in [0.25, 0.3) is 0 Å². The molecule has 1 saturated heterocycles. The molecule has 5 heteroatoms. The molecule has 0 aromatic rings. The molecule has 0 spiro atoms. The molecule has 1 heterocycles. The van der Waals surface area contributed by atoms with Gasteiger partial charge in [0.15, 0.2) is 0 Å². The predicted octanol–water partition coefficient (Wildman–Crippen LogP) is 0.442. The first-order valence-corrected chi connectivity index (χ1v) is 2.89. The number of nitrogens with zero attached hydrogens (tertiary/aromatic N) is 1. The fraction of sp³-hybridized carbons (Fsp3) is 1.00. The third-order valence-electron chi connectivity index (χ3n) is 1.36. The minimum atomic E-state index is -0.582. The first-order valence-electron chi connectivity index (χ1n) is 2.89. The van der Waals surface area contributed by atoms with E-state index >= 15 is 0 Å². The number of nitrogens with two attached hydrogens (primary N) is 1. The molecule has 0 aromatic heterocycles. The molecule has 2 nitrogen and oxygen atoms in total. The highest BCUT2D eigenvalue weighted by Gasteiger charge is 2.24. The summed E-state index contributed by atoms with van der Waals surface area (Å²) in [6, 6.07) is 0. The van der Waals surface area contributed by atoms with Gasteiger partial charge in [-0.15, -0.1) is 24.8 Å². The van der Waals surface area contributed by atoms with Crippen LogP contribution in [-0.4, -0.2) is 37.3 Å². The van der Waals surface area contributed by atoms with Crippen molar-refractivity contribution in [2.45, 2.75) is 6.17 Å². The molecule has 0 amide bonds. The fourth-order valence-corrected chi connectivity index (χ4v) is 0.872. The Morgan fingerprint density at radius 1 is 1.40 bits per heavy atom. The van der Waals surface area contributed by atoms with E-state index < -0.39 is 6.17 Å². The Kier molecular flexibility index (Phi) is 8.04. The lowest BCUT2D eigenvalue weighted by molar-refractivity contribution is 0.0689. The molecule has 0 unspecified atom stereocenters. The molecule has 2 N–H and O–H groups in total. The van der Waals surface area contributed by atoms with E-state index in [1.165, 1.54) is 0 Å². The standard InChI is InChI=1S/C5H11FN2.2ClH/c6-5-3-8(4-5)2-1-7;;/h5H,1-4,7H2;2*1H. The van der Waals surface area contributed by atoms with Crippen molar-refractivity contribution in [3.05, 3.63) is 0 Å². The van der Waals surface area contributed by atoms with Crippen molar-refractivity contribution in [2.75, 3.05) is 26.2 Å². The highest BCUT2D eigenvalue weighted by Crippen LogP contribution is 2.08. The Hall–Kier alpha value is 0.430. The van der Waals surface area contributed by atoms with E-state index in [2.05, 4.69) is 0 Å². The number of halogens is 3. The summed E-state index contributed by atoms with van der Waals surface area (Å²) in [5.41, 5.74) is 5.22. The maximum absolute atomic E-state index is 12.0. The molecular weight excluding hydrogens is 178 g/mol. The Balaban J connectivity index is 0. The molecular formula is C5H13Cl2FN2. The van der Waals surface area contributed by atoms with Gasteiger partial charge in [-0.05, 0) is 0 Å². The van der Waals surface area contributed by atoms with Crippen molar-refractivity contribution in [1.82, 2.24) is 4.90 Å². The first-order chi connectivity index (χ1) is 3.83. The number of alkyl halides is 1. The number of hydrogen-bond acceptors (Lipinski definition) is 2. The summed E-state index contributed by atoms with van der Waals surface area (Å²) in [5.74, 6) is 0. The molecule has 0 bridgehead atoms. The smallest absolute Gasteiger partial charge is 0.125 e. The van der Waals surface area contributed by atoms with Gasteiger partial charge in [-0.3, -0.25) is 4.90 Å². The monoisotopic (exact) mass is 190 g/mol. The van der Waals surface area contributed by atoms with Crippen LogP contribution in [0, 0.1) is 0 Å². The Labute approximate surface area is 72.8 Å². The van der Waals surface area contributed by atoms with Gasteiger partial charge in [0.05, 0.1) is 0 Å². The van der Waals surface area contributed by atoms with Gasteiger partial charge in [-0.1, -0.05) is 0 Å². The average Bonchev–Trinajstić information content (AvgIpc) is 1.64. The molecule has 0 atom stereocenters. The van der Waals surface area contributed by atoms with Crippen LogP contribution in [0.2, 0.25) is 0 Å². The van der Waals surface area contributed by atoms with Crippen LogP contribution in [-0.2, 0) is 0 Å². The van der Waals surface area contributed by atoms with Crippen molar-refractivity contribution < 1.29 is 4.39 Å². The second-order valence-electron chi connectivity index (χ2n) is 2.15. The normalized spacial score (nSPS) is 18.6. The topological polar surface area (TPSA) is 29.3 Å². The molecule has 0 saturated carbocycles. The van der Waals surface area contributed by atoms with E-state index in [1.54, 1.807) is 0 Å². The maximum Gasteiger partial charge on any atom is 0.125 e. The van der Waals surface area contributed by atoms with E-state index in [0.717, 1.165) is 6.54 Å². The van der Waals surface area contributed by atoms with Crippen LogP contribution in [0.4, 0.5) is 4.39 Å². The van der Waals surface area contributed by atoms with Crippen molar-refractivity contribution in [2.24, 2.45) is 5.73 Å². The lowest BCUT2D eigenvalue weighted by atomic mass is 10.2. The summed E-state index contributed by atoms with van der Waals surface area (Å²) in [6.07, 6.45) is -0.582. The summed E-state index contributed by atoms with van der Waals surface area (Å²) < 4.78 is 12.0. The number of likely N-dealkylation sites (tertiary alicyclic amines) is 1. The van der Waals surface area contributed by atoms with E-state index in [1.807, 2.05) is 4.90 Å². The van der Waals surface area contributed by atoms with E-state index in [0.29, 0.717) is 19.6 Å². The Bertz CT molecular complexity index is 75.3. The van der Waals surface area contributed by atoms with Crippen LogP contribution in [0.15, 0.2) is 0 Å². The third-order valence-corrected chi connectivity index (χ3v) is 1.36. The molecule has 1 fully saturated rings. The second-order valence-corrected chi connectivity index (χ2v) is 2.15. The zero-order valence-corrected chi connectivity index (χ0v) is 7.26. The minimum Gasteiger partial charge on any atom is -0.329 e. The fourth-order valence-electron chi connectivity index (χ4n) is 0.872. The first kappa shape index (κ1) is 13.1. The third kappa shape index (κ3) is 3.56. The van der Waals surface area contributed by atoms with Crippen LogP contribution in [0.5, 0.6) is 0 Å². The van der Waals surface area contributed by atoms with Crippen LogP contribution >= 0.6 is 24.8 Å². The largest absolute Gasteiger partial charge is 0.329 e. The van der Waals surface area contributed by atoms with Crippen LogP contribution in [0.3, 0.4) is 0 Å². The maximum atomic E-state index is 12.0. The summed E-state index contributed by atoms with van der Waals surface area (Å²) in [4.78, 5) is 2.00. The second kappa shape index (κ2) is 6.16. The van der Waals surface area contributed by atoms with Crippen molar-refractivity contribution in [3.8, 4) is 0 Å². The quantitative estimate of drug-likeness (QED) is 0.686. The van der Waals surface area contributed by atoms with Crippen molar-refractivity contribution in [3.63, 3.8) is 0 Å². The minimum absolute atomic E-state index is 0. The van der Waals surface area contributed by atoms with Crippen molar-refractivity contribution in [1.29, 1.82) is 0 Å². The molecule has 10 heavy (non-hydrogen) atoms. The average molecular weight is 191 g/mol. The van der Waals surface area contributed by atoms with Gasteiger partial charge in [-0.25, -0.2) is 4.39 Å². The highest BCUT2D eigenvalue weighted by molar-refractivity contribution is 5.85. The summed E-state index contributed by atoms with van der Waals surface area (Å²) in [5, 5.41) is 0. The number of rotatable bonds is 2. The molecule has 64 valence electrons. The van der Waals surface area contributed by atoms with Crippen LogP contribution < -0.4 is 5.73 Å². The molecule has 1 aliphatic rings. The Morgan fingerprint density at radius 3 is 2.20 bits per heavy atom. The van der Waals surface area contributed by atoms with Gasteiger partial charge in [0, 0.05) is 26.2 Å². The lowest BCUT2D eigenvalue weighted by Gasteiger charge is -2.33. The van der Waals surface area contributed by atoms with E-state index in [-0.39, 0.29) is 24.8 Å². The predicted molar refractivity (Wildman–Crippen MR) is 44.9 cm³/mol.